The van der Waals surface area contributed by atoms with Crippen molar-refractivity contribution in [3.63, 3.8) is 0 Å². The Balaban J connectivity index is 1.69. The van der Waals surface area contributed by atoms with E-state index in [0.29, 0.717) is 19.7 Å². The van der Waals surface area contributed by atoms with Gasteiger partial charge in [-0.1, -0.05) is 18.2 Å². The van der Waals surface area contributed by atoms with Crippen LogP contribution in [-0.2, 0) is 4.79 Å². The summed E-state index contributed by atoms with van der Waals surface area (Å²) in [6.45, 7) is 3.50. The van der Waals surface area contributed by atoms with Crippen molar-refractivity contribution in [2.24, 2.45) is 0 Å². The molecule has 2 N–H and O–H groups in total. The molecule has 114 valence electrons. The van der Waals surface area contributed by atoms with Crippen molar-refractivity contribution in [1.82, 2.24) is 15.5 Å². The largest absolute Gasteiger partial charge is 0.493 e. The van der Waals surface area contributed by atoms with Gasteiger partial charge in [-0.3, -0.25) is 4.79 Å². The first-order valence-electron chi connectivity index (χ1n) is 7.05. The second-order valence-corrected chi connectivity index (χ2v) is 5.13. The zero-order valence-corrected chi connectivity index (χ0v) is 12.4. The lowest BCUT2D eigenvalue weighted by Gasteiger charge is -2.20. The van der Waals surface area contributed by atoms with Crippen LogP contribution in [-0.4, -0.2) is 49.6 Å². The zero-order chi connectivity index (χ0) is 15.2. The number of urea groups is 1. The van der Waals surface area contributed by atoms with Gasteiger partial charge in [-0.2, -0.15) is 0 Å². The molecule has 3 amide bonds. The number of hydrogen-bond acceptors (Lipinski definition) is 3. The van der Waals surface area contributed by atoms with Crippen molar-refractivity contribution in [3.05, 3.63) is 29.8 Å². The summed E-state index contributed by atoms with van der Waals surface area (Å²) in [5.74, 6) is 0.794. The minimum absolute atomic E-state index is 0.0794. The Labute approximate surface area is 124 Å². The summed E-state index contributed by atoms with van der Waals surface area (Å²) in [5, 5.41) is 5.16. The van der Waals surface area contributed by atoms with Crippen LogP contribution in [0.1, 0.15) is 12.0 Å². The van der Waals surface area contributed by atoms with Crippen molar-refractivity contribution in [3.8, 4) is 5.75 Å². The van der Waals surface area contributed by atoms with Gasteiger partial charge >= 0.3 is 6.03 Å². The number of likely N-dealkylation sites (N-methyl/N-ethyl adjacent to an activating group) is 1. The fourth-order valence-corrected chi connectivity index (χ4v) is 2.18. The van der Waals surface area contributed by atoms with E-state index in [2.05, 4.69) is 10.6 Å². The summed E-state index contributed by atoms with van der Waals surface area (Å²) in [4.78, 5) is 24.7. The van der Waals surface area contributed by atoms with E-state index in [1.165, 1.54) is 0 Å². The molecule has 1 aromatic rings. The van der Waals surface area contributed by atoms with Crippen molar-refractivity contribution in [2.45, 2.75) is 19.4 Å². The summed E-state index contributed by atoms with van der Waals surface area (Å²) in [6, 6.07) is 7.10. The summed E-state index contributed by atoms with van der Waals surface area (Å²) in [5.41, 5.74) is 1.10. The molecule has 21 heavy (non-hydrogen) atoms. The van der Waals surface area contributed by atoms with Gasteiger partial charge < -0.3 is 20.3 Å². The summed E-state index contributed by atoms with van der Waals surface area (Å²) < 4.78 is 5.69. The molecule has 0 aromatic heterocycles. The fraction of sp³-hybridized carbons (Fsp3) is 0.467. The quantitative estimate of drug-likeness (QED) is 0.765. The van der Waals surface area contributed by atoms with Crippen LogP contribution in [0.25, 0.3) is 0 Å². The third kappa shape index (κ3) is 4.11. The zero-order valence-electron chi connectivity index (χ0n) is 12.4. The van der Waals surface area contributed by atoms with Gasteiger partial charge in [-0.25, -0.2) is 4.79 Å². The summed E-state index contributed by atoms with van der Waals surface area (Å²) in [6.07, 6.45) is 0.741. The first-order valence-corrected chi connectivity index (χ1v) is 7.05. The molecule has 2 rings (SSSR count). The topological polar surface area (TPSA) is 70.7 Å². The van der Waals surface area contributed by atoms with E-state index in [0.717, 1.165) is 17.7 Å². The number of hydrogen-bond donors (Lipinski definition) is 2. The van der Waals surface area contributed by atoms with E-state index in [1.807, 2.05) is 31.2 Å². The van der Waals surface area contributed by atoms with Crippen LogP contribution in [0.4, 0.5) is 4.79 Å². The number of benzene rings is 1. The van der Waals surface area contributed by atoms with Crippen LogP contribution in [0.2, 0.25) is 0 Å². The molecule has 1 aliphatic heterocycles. The fourth-order valence-electron chi connectivity index (χ4n) is 2.18. The molecule has 1 heterocycles. The second kappa shape index (κ2) is 6.97. The Morgan fingerprint density at radius 1 is 1.43 bits per heavy atom. The Hall–Kier alpha value is -2.24. The van der Waals surface area contributed by atoms with Crippen LogP contribution in [0.3, 0.4) is 0 Å². The van der Waals surface area contributed by atoms with Gasteiger partial charge in [0.15, 0.2) is 0 Å². The van der Waals surface area contributed by atoms with Crippen LogP contribution in [0.5, 0.6) is 5.75 Å². The molecule has 1 aliphatic rings. The predicted octanol–water partition coefficient (Wildman–Crippen LogP) is 0.904. The van der Waals surface area contributed by atoms with E-state index in [9.17, 15) is 9.59 Å². The Kier molecular flexibility index (Phi) is 5.03. The summed E-state index contributed by atoms with van der Waals surface area (Å²) >= 11 is 0. The number of carbonyl (C=O) groups excluding carboxylic acids is 2. The molecular formula is C15H21N3O3. The summed E-state index contributed by atoms with van der Waals surface area (Å²) in [7, 11) is 1.74. The van der Waals surface area contributed by atoms with Crippen LogP contribution in [0.15, 0.2) is 24.3 Å². The smallest absolute Gasteiger partial charge is 0.315 e. The first kappa shape index (κ1) is 15.2. The van der Waals surface area contributed by atoms with Gasteiger partial charge in [0.05, 0.1) is 6.61 Å². The number of amides is 3. The maximum atomic E-state index is 12.0. The van der Waals surface area contributed by atoms with Gasteiger partial charge in [0.2, 0.25) is 5.91 Å². The van der Waals surface area contributed by atoms with Gasteiger partial charge in [-0.15, -0.1) is 0 Å². The van der Waals surface area contributed by atoms with Crippen LogP contribution >= 0.6 is 0 Å². The molecule has 6 heteroatoms. The molecule has 6 nitrogen and oxygen atoms in total. The molecule has 1 atom stereocenters. The second-order valence-electron chi connectivity index (χ2n) is 5.13. The highest BCUT2D eigenvalue weighted by Gasteiger charge is 2.28. The molecule has 0 bridgehead atoms. The minimum atomic E-state index is -0.459. The van der Waals surface area contributed by atoms with E-state index in [1.54, 1.807) is 11.9 Å². The molecule has 1 fully saturated rings. The standard InChI is InChI=1S/C15H21N3O3/c1-11-6-3-4-7-13(11)21-9-5-8-18(2)14(19)12-10-16-15(20)17-12/h3-4,6-7,12H,5,8-10H2,1-2H3,(H2,16,17,20)/t12-/m1/s1. The highest BCUT2D eigenvalue weighted by molar-refractivity contribution is 5.90. The van der Waals surface area contributed by atoms with Crippen LogP contribution in [0, 0.1) is 6.92 Å². The maximum absolute atomic E-state index is 12.0. The monoisotopic (exact) mass is 291 g/mol. The molecule has 0 unspecified atom stereocenters. The number of rotatable bonds is 6. The molecular weight excluding hydrogens is 270 g/mol. The lowest BCUT2D eigenvalue weighted by atomic mass is 10.2. The highest BCUT2D eigenvalue weighted by atomic mass is 16.5. The van der Waals surface area contributed by atoms with Gasteiger partial charge in [0, 0.05) is 20.1 Å². The highest BCUT2D eigenvalue weighted by Crippen LogP contribution is 2.16. The average Bonchev–Trinajstić information content (AvgIpc) is 2.91. The van der Waals surface area contributed by atoms with Crippen molar-refractivity contribution < 1.29 is 14.3 Å². The average molecular weight is 291 g/mol. The van der Waals surface area contributed by atoms with Crippen LogP contribution < -0.4 is 15.4 Å². The third-order valence-electron chi connectivity index (χ3n) is 3.44. The number of nitrogens with zero attached hydrogens (tertiary/aromatic N) is 1. The molecule has 0 spiro atoms. The number of aryl methyl sites for hydroxylation is 1. The molecule has 0 radical (unpaired) electrons. The van der Waals surface area contributed by atoms with Gasteiger partial charge in [0.25, 0.3) is 0 Å². The Bertz CT molecular complexity index is 519. The third-order valence-corrected chi connectivity index (χ3v) is 3.44. The number of ether oxygens (including phenoxy) is 1. The van der Waals surface area contributed by atoms with E-state index in [4.69, 9.17) is 4.74 Å². The number of nitrogens with one attached hydrogen (secondary N) is 2. The lowest BCUT2D eigenvalue weighted by molar-refractivity contribution is -0.131. The SMILES string of the molecule is Cc1ccccc1OCCCN(C)C(=O)[C@H]1CNC(=O)N1. The molecule has 1 saturated heterocycles. The molecule has 1 aromatic carbocycles. The van der Waals surface area contributed by atoms with Crippen molar-refractivity contribution >= 4 is 11.9 Å². The van der Waals surface area contributed by atoms with E-state index >= 15 is 0 Å². The Morgan fingerprint density at radius 2 is 2.19 bits per heavy atom. The van der Waals surface area contributed by atoms with E-state index in [-0.39, 0.29) is 11.9 Å². The predicted molar refractivity (Wildman–Crippen MR) is 79.3 cm³/mol. The normalized spacial score (nSPS) is 17.0. The molecule has 0 saturated carbocycles. The number of para-hydroxylation sites is 1. The van der Waals surface area contributed by atoms with E-state index < -0.39 is 6.04 Å². The Morgan fingerprint density at radius 3 is 2.86 bits per heavy atom. The minimum Gasteiger partial charge on any atom is -0.493 e. The molecule has 0 aliphatic carbocycles. The van der Waals surface area contributed by atoms with Crippen molar-refractivity contribution in [1.29, 1.82) is 0 Å². The maximum Gasteiger partial charge on any atom is 0.315 e. The number of carbonyl (C=O) groups is 2. The van der Waals surface area contributed by atoms with Gasteiger partial charge in [0.1, 0.15) is 11.8 Å². The van der Waals surface area contributed by atoms with Gasteiger partial charge in [-0.05, 0) is 25.0 Å². The first-order chi connectivity index (χ1) is 10.1. The lowest BCUT2D eigenvalue weighted by Crippen LogP contribution is -2.44. The van der Waals surface area contributed by atoms with Crippen molar-refractivity contribution in [2.75, 3.05) is 26.7 Å².